The van der Waals surface area contributed by atoms with Crippen molar-refractivity contribution in [3.05, 3.63) is 53.6 Å². The lowest BCUT2D eigenvalue weighted by Gasteiger charge is -2.38. The molecule has 0 aliphatic carbocycles. The van der Waals surface area contributed by atoms with E-state index < -0.39 is 37.3 Å². The number of hydrogen-bond acceptors (Lipinski definition) is 9. The standard InChI is InChI=1S/C14H12O3.C6H13NO5/c15-12-5-3-10(4-6-12)1-2-11-7-13(16)9-14(17)8-11;7-3-5(10)4(9)2(1-8)12-6(3)11/h1-9,15-17H;2-6,8-11H,1,7H2/t;2-,3-,4-,5-,6?/m.1/s1. The Hall–Kier alpha value is -2.66. The van der Waals surface area contributed by atoms with Gasteiger partial charge in [-0.2, -0.15) is 0 Å². The van der Waals surface area contributed by atoms with Crippen molar-refractivity contribution in [2.45, 2.75) is 30.6 Å². The largest absolute Gasteiger partial charge is 0.508 e. The monoisotopic (exact) mass is 407 g/mol. The van der Waals surface area contributed by atoms with Gasteiger partial charge in [0.15, 0.2) is 6.29 Å². The molecule has 0 saturated carbocycles. The zero-order chi connectivity index (χ0) is 21.6. The van der Waals surface area contributed by atoms with Crippen molar-refractivity contribution >= 4 is 12.2 Å². The minimum absolute atomic E-state index is 0.0235. The molecule has 0 radical (unpaired) electrons. The molecule has 0 amide bonds. The number of phenols is 3. The number of benzene rings is 2. The fraction of sp³-hybridized carbons (Fsp3) is 0.300. The van der Waals surface area contributed by atoms with E-state index in [1.165, 1.54) is 6.07 Å². The van der Waals surface area contributed by atoms with Gasteiger partial charge in [0, 0.05) is 6.07 Å². The van der Waals surface area contributed by atoms with Gasteiger partial charge in [-0.3, -0.25) is 0 Å². The molecule has 158 valence electrons. The van der Waals surface area contributed by atoms with Crippen LogP contribution in [0.3, 0.4) is 0 Å². The van der Waals surface area contributed by atoms with Gasteiger partial charge in [0.05, 0.1) is 12.6 Å². The molecular weight excluding hydrogens is 382 g/mol. The van der Waals surface area contributed by atoms with E-state index >= 15 is 0 Å². The van der Waals surface area contributed by atoms with Gasteiger partial charge in [-0.15, -0.1) is 0 Å². The summed E-state index contributed by atoms with van der Waals surface area (Å²) in [5.74, 6) is 0.267. The summed E-state index contributed by atoms with van der Waals surface area (Å²) in [7, 11) is 0. The first-order valence-electron chi connectivity index (χ1n) is 8.77. The zero-order valence-electron chi connectivity index (χ0n) is 15.4. The van der Waals surface area contributed by atoms with Crippen LogP contribution in [-0.2, 0) is 4.74 Å². The Labute approximate surface area is 167 Å². The summed E-state index contributed by atoms with van der Waals surface area (Å²) in [5.41, 5.74) is 6.89. The van der Waals surface area contributed by atoms with E-state index in [4.69, 9.17) is 25.8 Å². The molecule has 1 unspecified atom stereocenters. The van der Waals surface area contributed by atoms with Crippen LogP contribution in [0.15, 0.2) is 42.5 Å². The SMILES string of the molecule is N[C@H]1C(O)O[C@H](CO)[C@@H](O)[C@@H]1O.Oc1ccc(C=Cc2cc(O)cc(O)c2)cc1. The Morgan fingerprint density at radius 2 is 1.34 bits per heavy atom. The van der Waals surface area contributed by atoms with Crippen LogP contribution >= 0.6 is 0 Å². The fourth-order valence-electron chi connectivity index (χ4n) is 2.61. The van der Waals surface area contributed by atoms with Crippen molar-refractivity contribution in [3.8, 4) is 17.2 Å². The molecule has 2 aromatic rings. The maximum atomic E-state index is 9.30. The molecule has 2 aromatic carbocycles. The van der Waals surface area contributed by atoms with Crippen LogP contribution < -0.4 is 5.73 Å². The topological polar surface area (TPSA) is 177 Å². The Bertz CT molecular complexity index is 786. The van der Waals surface area contributed by atoms with Crippen LogP contribution in [0.25, 0.3) is 12.2 Å². The third-order valence-electron chi connectivity index (χ3n) is 4.23. The molecule has 0 bridgehead atoms. The highest BCUT2D eigenvalue weighted by Gasteiger charge is 2.41. The molecule has 1 fully saturated rings. The molecule has 29 heavy (non-hydrogen) atoms. The quantitative estimate of drug-likeness (QED) is 0.318. The number of aliphatic hydroxyl groups is 4. The molecule has 9 nitrogen and oxygen atoms in total. The molecule has 9 heteroatoms. The van der Waals surface area contributed by atoms with E-state index in [9.17, 15) is 20.4 Å². The highest BCUT2D eigenvalue weighted by Crippen LogP contribution is 2.22. The predicted octanol–water partition coefficient (Wildman–Crippen LogP) is -0.281. The van der Waals surface area contributed by atoms with E-state index in [1.54, 1.807) is 42.5 Å². The highest BCUT2D eigenvalue weighted by molar-refractivity contribution is 5.71. The third-order valence-corrected chi connectivity index (χ3v) is 4.23. The van der Waals surface area contributed by atoms with E-state index in [1.807, 2.05) is 6.08 Å². The van der Waals surface area contributed by atoms with Gasteiger partial charge < -0.3 is 46.2 Å². The van der Waals surface area contributed by atoms with E-state index in [2.05, 4.69) is 0 Å². The number of aromatic hydroxyl groups is 3. The Kier molecular flexibility index (Phi) is 7.97. The summed E-state index contributed by atoms with van der Waals surface area (Å²) in [6.07, 6.45) is -1.26. The van der Waals surface area contributed by atoms with Gasteiger partial charge in [-0.1, -0.05) is 24.3 Å². The highest BCUT2D eigenvalue weighted by atomic mass is 16.6. The second-order valence-electron chi connectivity index (χ2n) is 6.51. The number of ether oxygens (including phenoxy) is 1. The number of aliphatic hydroxyl groups excluding tert-OH is 4. The van der Waals surface area contributed by atoms with Crippen molar-refractivity contribution in [2.75, 3.05) is 6.61 Å². The molecule has 0 aromatic heterocycles. The molecule has 1 heterocycles. The van der Waals surface area contributed by atoms with Crippen LogP contribution in [0.5, 0.6) is 17.2 Å². The second-order valence-corrected chi connectivity index (χ2v) is 6.51. The van der Waals surface area contributed by atoms with Crippen molar-refractivity contribution in [1.82, 2.24) is 0 Å². The summed E-state index contributed by atoms with van der Waals surface area (Å²) < 4.78 is 4.70. The van der Waals surface area contributed by atoms with Crippen LogP contribution in [0.4, 0.5) is 0 Å². The van der Waals surface area contributed by atoms with Crippen LogP contribution in [-0.4, -0.2) is 73.0 Å². The van der Waals surface area contributed by atoms with Gasteiger partial charge in [0.1, 0.15) is 35.6 Å². The third kappa shape index (κ3) is 6.43. The first-order chi connectivity index (χ1) is 13.7. The first-order valence-corrected chi connectivity index (χ1v) is 8.77. The number of phenolic OH excluding ortho intramolecular Hbond substituents is 3. The minimum Gasteiger partial charge on any atom is -0.508 e. The van der Waals surface area contributed by atoms with E-state index in [-0.39, 0.29) is 17.2 Å². The maximum Gasteiger partial charge on any atom is 0.173 e. The predicted molar refractivity (Wildman–Crippen MR) is 105 cm³/mol. The Morgan fingerprint density at radius 1 is 0.793 bits per heavy atom. The van der Waals surface area contributed by atoms with Crippen LogP contribution in [0.2, 0.25) is 0 Å². The molecule has 5 atom stereocenters. The van der Waals surface area contributed by atoms with Gasteiger partial charge in [0.25, 0.3) is 0 Å². The summed E-state index contributed by atoms with van der Waals surface area (Å²) in [4.78, 5) is 0. The average molecular weight is 407 g/mol. The molecule has 1 saturated heterocycles. The molecule has 0 spiro atoms. The Balaban J connectivity index is 0.000000221. The van der Waals surface area contributed by atoms with Gasteiger partial charge >= 0.3 is 0 Å². The maximum absolute atomic E-state index is 9.30. The lowest BCUT2D eigenvalue weighted by atomic mass is 9.98. The van der Waals surface area contributed by atoms with Gasteiger partial charge in [0.2, 0.25) is 0 Å². The molecule has 1 aliphatic heterocycles. The molecule has 9 N–H and O–H groups in total. The average Bonchev–Trinajstić information content (AvgIpc) is 2.68. The second kappa shape index (κ2) is 10.2. The van der Waals surface area contributed by atoms with Crippen LogP contribution in [0.1, 0.15) is 11.1 Å². The lowest BCUT2D eigenvalue weighted by Crippen LogP contribution is -2.61. The van der Waals surface area contributed by atoms with Crippen molar-refractivity contribution in [3.63, 3.8) is 0 Å². The van der Waals surface area contributed by atoms with Crippen molar-refractivity contribution < 1.29 is 40.5 Å². The summed E-state index contributed by atoms with van der Waals surface area (Å²) in [5, 5.41) is 63.8. The van der Waals surface area contributed by atoms with Crippen LogP contribution in [0, 0.1) is 0 Å². The summed E-state index contributed by atoms with van der Waals surface area (Å²) >= 11 is 0. The summed E-state index contributed by atoms with van der Waals surface area (Å²) in [6, 6.07) is 10.1. The number of rotatable bonds is 3. The van der Waals surface area contributed by atoms with E-state index in [0.717, 1.165) is 5.56 Å². The molecule has 3 rings (SSSR count). The normalized spacial score (nSPS) is 26.7. The van der Waals surface area contributed by atoms with Crippen molar-refractivity contribution in [2.24, 2.45) is 5.73 Å². The first kappa shape index (κ1) is 22.6. The van der Waals surface area contributed by atoms with Gasteiger partial charge in [-0.05, 0) is 35.4 Å². The molecular formula is C20H25NO8. The minimum atomic E-state index is -1.35. The summed E-state index contributed by atoms with van der Waals surface area (Å²) in [6.45, 7) is -0.470. The smallest absolute Gasteiger partial charge is 0.173 e. The fourth-order valence-corrected chi connectivity index (χ4v) is 2.61. The lowest BCUT2D eigenvalue weighted by molar-refractivity contribution is -0.248. The Morgan fingerprint density at radius 3 is 1.90 bits per heavy atom. The molecule has 1 aliphatic rings. The zero-order valence-corrected chi connectivity index (χ0v) is 15.4. The number of hydrogen-bond donors (Lipinski definition) is 8. The van der Waals surface area contributed by atoms with E-state index in [0.29, 0.717) is 5.56 Å². The number of nitrogens with two attached hydrogens (primary N) is 1. The van der Waals surface area contributed by atoms with Gasteiger partial charge in [-0.25, -0.2) is 0 Å². The van der Waals surface area contributed by atoms with Crippen molar-refractivity contribution in [1.29, 1.82) is 0 Å².